The van der Waals surface area contributed by atoms with Gasteiger partial charge in [-0.3, -0.25) is 10.1 Å². The van der Waals surface area contributed by atoms with Crippen molar-refractivity contribution in [2.24, 2.45) is 0 Å². The monoisotopic (exact) mass is 279 g/mol. The van der Waals surface area contributed by atoms with Crippen molar-refractivity contribution in [2.75, 3.05) is 31.6 Å². The highest BCUT2D eigenvalue weighted by atomic mass is 16.6. The minimum Gasteiger partial charge on any atom is -0.493 e. The van der Waals surface area contributed by atoms with E-state index >= 15 is 0 Å². The Kier molecular flexibility index (Phi) is 4.79. The van der Waals surface area contributed by atoms with E-state index in [9.17, 15) is 10.1 Å². The normalized spacial score (nSPS) is 18.3. The van der Waals surface area contributed by atoms with E-state index in [0.717, 1.165) is 31.6 Å². The third-order valence-electron chi connectivity index (χ3n) is 3.52. The van der Waals surface area contributed by atoms with E-state index in [1.165, 1.54) is 6.07 Å². The van der Waals surface area contributed by atoms with E-state index in [4.69, 9.17) is 4.74 Å². The minimum absolute atomic E-state index is 0.0847. The van der Waals surface area contributed by atoms with Crippen molar-refractivity contribution in [3.63, 3.8) is 0 Å². The number of likely N-dealkylation sites (N-methyl/N-ethyl adjacent to an activating group) is 1. The fourth-order valence-corrected chi connectivity index (χ4v) is 2.39. The quantitative estimate of drug-likeness (QED) is 0.638. The molecule has 1 unspecified atom stereocenters. The second kappa shape index (κ2) is 6.56. The highest BCUT2D eigenvalue weighted by Gasteiger charge is 2.23. The number of benzene rings is 1. The maximum Gasteiger partial charge on any atom is 0.275 e. The van der Waals surface area contributed by atoms with Gasteiger partial charge in [-0.15, -0.1) is 0 Å². The van der Waals surface area contributed by atoms with Crippen molar-refractivity contribution >= 4 is 11.4 Å². The molecule has 1 aliphatic heterocycles. The second-order valence-electron chi connectivity index (χ2n) is 5.01. The number of rotatable bonds is 6. The fraction of sp³-hybridized carbons (Fsp3) is 0.571. The van der Waals surface area contributed by atoms with Crippen molar-refractivity contribution in [3.8, 4) is 5.75 Å². The first-order valence-corrected chi connectivity index (χ1v) is 6.98. The maximum absolute atomic E-state index is 11.0. The molecule has 1 aromatic carbocycles. The third-order valence-corrected chi connectivity index (χ3v) is 3.52. The molecule has 1 aromatic rings. The summed E-state index contributed by atoms with van der Waals surface area (Å²) < 4.78 is 5.55. The van der Waals surface area contributed by atoms with Crippen molar-refractivity contribution in [2.45, 2.75) is 25.8 Å². The third kappa shape index (κ3) is 3.39. The lowest BCUT2D eigenvalue weighted by molar-refractivity contribution is -0.384. The number of nitro benzene ring substituents is 1. The van der Waals surface area contributed by atoms with Crippen LogP contribution in [0.25, 0.3) is 0 Å². The molecule has 0 aromatic heterocycles. The smallest absolute Gasteiger partial charge is 0.275 e. The van der Waals surface area contributed by atoms with Crippen LogP contribution in [0, 0.1) is 10.1 Å². The van der Waals surface area contributed by atoms with Crippen molar-refractivity contribution in [1.82, 2.24) is 5.32 Å². The van der Waals surface area contributed by atoms with Gasteiger partial charge < -0.3 is 15.0 Å². The molecule has 1 heterocycles. The van der Waals surface area contributed by atoms with Gasteiger partial charge in [-0.25, -0.2) is 0 Å². The number of hydrogen-bond donors (Lipinski definition) is 1. The van der Waals surface area contributed by atoms with Gasteiger partial charge in [-0.05, 0) is 19.9 Å². The summed E-state index contributed by atoms with van der Waals surface area (Å²) in [5, 5.41) is 14.3. The molecule has 6 heteroatoms. The van der Waals surface area contributed by atoms with Crippen LogP contribution >= 0.6 is 0 Å². The van der Waals surface area contributed by atoms with Crippen molar-refractivity contribution in [3.05, 3.63) is 28.3 Å². The predicted octanol–water partition coefficient (Wildman–Crippen LogP) is 2.18. The van der Waals surface area contributed by atoms with Gasteiger partial charge >= 0.3 is 0 Å². The summed E-state index contributed by atoms with van der Waals surface area (Å²) >= 11 is 0. The first-order chi connectivity index (χ1) is 9.63. The van der Waals surface area contributed by atoms with Crippen LogP contribution in [0.15, 0.2) is 18.2 Å². The predicted molar refractivity (Wildman–Crippen MR) is 78.6 cm³/mol. The number of nitrogens with one attached hydrogen (secondary N) is 1. The number of ether oxygens (including phenoxy) is 1. The van der Waals surface area contributed by atoms with Gasteiger partial charge in [-0.1, -0.05) is 6.92 Å². The lowest BCUT2D eigenvalue weighted by Gasteiger charge is -2.19. The van der Waals surface area contributed by atoms with Crippen LogP contribution in [0.5, 0.6) is 5.75 Å². The van der Waals surface area contributed by atoms with Gasteiger partial charge in [0.1, 0.15) is 5.75 Å². The molecule has 2 rings (SSSR count). The summed E-state index contributed by atoms with van der Waals surface area (Å²) in [6.07, 6.45) is 1.92. The van der Waals surface area contributed by atoms with Crippen LogP contribution in [0.3, 0.4) is 0 Å². The molecule has 0 amide bonds. The highest BCUT2D eigenvalue weighted by molar-refractivity contribution is 5.58. The zero-order valence-corrected chi connectivity index (χ0v) is 12.0. The van der Waals surface area contributed by atoms with Gasteiger partial charge in [0.05, 0.1) is 17.6 Å². The summed E-state index contributed by atoms with van der Waals surface area (Å²) in [4.78, 5) is 12.8. The van der Waals surface area contributed by atoms with E-state index in [-0.39, 0.29) is 10.6 Å². The van der Waals surface area contributed by atoms with Crippen LogP contribution in [-0.4, -0.2) is 37.7 Å². The molecule has 20 heavy (non-hydrogen) atoms. The molecule has 1 fully saturated rings. The maximum atomic E-state index is 11.0. The molecular formula is C14H21N3O3. The molecule has 1 atom stereocenters. The summed E-state index contributed by atoms with van der Waals surface area (Å²) in [5.41, 5.74) is 0.949. The fourth-order valence-electron chi connectivity index (χ4n) is 2.39. The molecular weight excluding hydrogens is 258 g/mol. The first-order valence-electron chi connectivity index (χ1n) is 6.98. The van der Waals surface area contributed by atoms with Crippen molar-refractivity contribution < 1.29 is 9.66 Å². The molecule has 0 radical (unpaired) electrons. The Balaban J connectivity index is 2.22. The molecule has 0 aliphatic carbocycles. The van der Waals surface area contributed by atoms with Crippen LogP contribution in [0.1, 0.15) is 19.8 Å². The lowest BCUT2D eigenvalue weighted by atomic mass is 10.2. The zero-order chi connectivity index (χ0) is 14.5. The Morgan fingerprint density at radius 1 is 1.50 bits per heavy atom. The minimum atomic E-state index is -0.367. The first kappa shape index (κ1) is 14.6. The molecule has 0 saturated carbocycles. The number of hydrogen-bond acceptors (Lipinski definition) is 5. The van der Waals surface area contributed by atoms with E-state index in [0.29, 0.717) is 18.4 Å². The summed E-state index contributed by atoms with van der Waals surface area (Å²) in [5.74, 6) is 0.573. The lowest BCUT2D eigenvalue weighted by Crippen LogP contribution is -2.29. The largest absolute Gasteiger partial charge is 0.493 e. The molecule has 1 N–H and O–H groups in total. The van der Waals surface area contributed by atoms with E-state index in [1.54, 1.807) is 6.07 Å². The van der Waals surface area contributed by atoms with Crippen LogP contribution < -0.4 is 15.0 Å². The van der Waals surface area contributed by atoms with Gasteiger partial charge in [0.2, 0.25) is 0 Å². The average molecular weight is 279 g/mol. The van der Waals surface area contributed by atoms with Crippen LogP contribution in [-0.2, 0) is 0 Å². The summed E-state index contributed by atoms with van der Waals surface area (Å²) in [7, 11) is 1.94. The second-order valence-corrected chi connectivity index (χ2v) is 5.01. The van der Waals surface area contributed by atoms with Gasteiger partial charge in [0, 0.05) is 37.0 Å². The summed E-state index contributed by atoms with van der Waals surface area (Å²) in [6.45, 7) is 4.35. The Labute approximate surface area is 118 Å². The van der Waals surface area contributed by atoms with E-state index < -0.39 is 0 Å². The SMILES string of the molecule is CCCOc1cc(N2CCC(NC)C2)cc([N+](=O)[O-])c1. The standard InChI is InChI=1S/C14H21N3O3/c1-3-6-20-14-8-12(7-13(9-14)17(18)19)16-5-4-11(10-16)15-2/h7-9,11,15H,3-6,10H2,1-2H3. The molecule has 110 valence electrons. The zero-order valence-electron chi connectivity index (χ0n) is 12.0. The molecule has 0 bridgehead atoms. The Hall–Kier alpha value is -1.82. The summed E-state index contributed by atoms with van der Waals surface area (Å²) in [6, 6.07) is 5.44. The van der Waals surface area contributed by atoms with E-state index in [1.807, 2.05) is 20.0 Å². The van der Waals surface area contributed by atoms with Crippen LogP contribution in [0.2, 0.25) is 0 Å². The average Bonchev–Trinajstić information content (AvgIpc) is 2.93. The number of anilines is 1. The number of nitrogens with zero attached hydrogens (tertiary/aromatic N) is 2. The molecule has 1 saturated heterocycles. The molecule has 1 aliphatic rings. The highest BCUT2D eigenvalue weighted by Crippen LogP contribution is 2.30. The van der Waals surface area contributed by atoms with E-state index in [2.05, 4.69) is 10.2 Å². The number of nitro groups is 1. The topological polar surface area (TPSA) is 67.6 Å². The van der Waals surface area contributed by atoms with Gasteiger partial charge in [0.15, 0.2) is 0 Å². The Morgan fingerprint density at radius 3 is 2.90 bits per heavy atom. The van der Waals surface area contributed by atoms with Gasteiger partial charge in [0.25, 0.3) is 5.69 Å². The van der Waals surface area contributed by atoms with Crippen LogP contribution in [0.4, 0.5) is 11.4 Å². The Bertz CT molecular complexity index is 479. The number of non-ortho nitro benzene ring substituents is 1. The molecule has 6 nitrogen and oxygen atoms in total. The molecule has 0 spiro atoms. The van der Waals surface area contributed by atoms with Crippen molar-refractivity contribution in [1.29, 1.82) is 0 Å². The van der Waals surface area contributed by atoms with Gasteiger partial charge in [-0.2, -0.15) is 0 Å². The Morgan fingerprint density at radius 2 is 2.30 bits per heavy atom.